The highest BCUT2D eigenvalue weighted by Gasteiger charge is 2.17. The Morgan fingerprint density at radius 3 is 1.69 bits per heavy atom. The van der Waals surface area contributed by atoms with Crippen LogP contribution in [0.15, 0.2) is 146 Å². The molecular formula is C40H27N5. The van der Waals surface area contributed by atoms with Crippen LogP contribution in [0.1, 0.15) is 5.69 Å². The number of aryl methyl sites for hydroxylation is 1. The van der Waals surface area contributed by atoms with Crippen molar-refractivity contribution in [3.8, 4) is 56.3 Å². The summed E-state index contributed by atoms with van der Waals surface area (Å²) in [6.45, 7) is 2.01. The molecule has 0 aliphatic heterocycles. The summed E-state index contributed by atoms with van der Waals surface area (Å²) in [5.41, 5.74) is 11.4. The van der Waals surface area contributed by atoms with Gasteiger partial charge in [0.15, 0.2) is 5.82 Å². The number of hydrogen-bond donors (Lipinski definition) is 0. The van der Waals surface area contributed by atoms with Gasteiger partial charge in [0.2, 0.25) is 0 Å². The molecule has 0 N–H and O–H groups in total. The fraction of sp³-hybridized carbons (Fsp3) is 0.0250. The van der Waals surface area contributed by atoms with E-state index in [0.717, 1.165) is 72.4 Å². The molecule has 0 saturated carbocycles. The van der Waals surface area contributed by atoms with Gasteiger partial charge in [-0.2, -0.15) is 0 Å². The molecule has 8 rings (SSSR count). The standard InChI is InChI=1S/C40H27N5/c1-26-12-13-32-18-19-33-34(24-35(31-20-22-41-23-21-31)43-39(33)38(32)42-26)40-44-36(29-10-6-3-7-11-29)25-37(45-40)30-16-14-28(15-17-30)27-8-4-2-5-9-27/h2-25H,1H3. The normalized spacial score (nSPS) is 11.2. The SMILES string of the molecule is Cc1ccc2ccc3c(-c4nc(-c5ccccc5)cc(-c5ccc(-c6ccccc6)cc5)n4)cc(-c4ccncc4)nc3c2n1. The van der Waals surface area contributed by atoms with Crippen LogP contribution < -0.4 is 0 Å². The molecule has 8 aromatic rings. The molecule has 0 atom stereocenters. The minimum atomic E-state index is 0.633. The number of fused-ring (bicyclic) bond motifs is 3. The maximum absolute atomic E-state index is 5.21. The van der Waals surface area contributed by atoms with Crippen molar-refractivity contribution in [2.75, 3.05) is 0 Å². The lowest BCUT2D eigenvalue weighted by Crippen LogP contribution is -1.99. The lowest BCUT2D eigenvalue weighted by molar-refractivity contribution is 1.18. The number of pyridine rings is 3. The van der Waals surface area contributed by atoms with Gasteiger partial charge < -0.3 is 0 Å². The van der Waals surface area contributed by atoms with Crippen LogP contribution in [0.25, 0.3) is 78.1 Å². The van der Waals surface area contributed by atoms with Gasteiger partial charge in [-0.15, -0.1) is 0 Å². The van der Waals surface area contributed by atoms with Crippen molar-refractivity contribution in [3.05, 3.63) is 152 Å². The first-order valence-corrected chi connectivity index (χ1v) is 14.9. The van der Waals surface area contributed by atoms with E-state index < -0.39 is 0 Å². The first-order valence-electron chi connectivity index (χ1n) is 14.9. The van der Waals surface area contributed by atoms with Gasteiger partial charge in [-0.05, 0) is 48.4 Å². The van der Waals surface area contributed by atoms with E-state index in [4.69, 9.17) is 19.9 Å². The zero-order chi connectivity index (χ0) is 30.2. The lowest BCUT2D eigenvalue weighted by Gasteiger charge is -2.14. The fourth-order valence-corrected chi connectivity index (χ4v) is 5.76. The molecule has 0 amide bonds. The molecule has 0 bridgehead atoms. The number of aromatic nitrogens is 5. The molecule has 0 spiro atoms. The van der Waals surface area contributed by atoms with E-state index in [1.807, 2.05) is 49.4 Å². The summed E-state index contributed by atoms with van der Waals surface area (Å²) in [4.78, 5) is 24.7. The third-order valence-corrected chi connectivity index (χ3v) is 8.08. The molecule has 0 unspecified atom stereocenters. The van der Waals surface area contributed by atoms with Gasteiger partial charge in [0.25, 0.3) is 0 Å². The van der Waals surface area contributed by atoms with Crippen molar-refractivity contribution >= 4 is 21.8 Å². The molecule has 4 aromatic heterocycles. The Kier molecular flexibility index (Phi) is 6.61. The summed E-state index contributed by atoms with van der Waals surface area (Å²) in [6.07, 6.45) is 3.58. The van der Waals surface area contributed by atoms with E-state index in [2.05, 4.69) is 96.0 Å². The van der Waals surface area contributed by atoms with Crippen LogP contribution in [0.2, 0.25) is 0 Å². The summed E-state index contributed by atoms with van der Waals surface area (Å²) in [5, 5.41) is 1.99. The highest BCUT2D eigenvalue weighted by atomic mass is 14.9. The fourth-order valence-electron chi connectivity index (χ4n) is 5.76. The van der Waals surface area contributed by atoms with Crippen molar-refractivity contribution in [1.29, 1.82) is 0 Å². The first kappa shape index (κ1) is 26.5. The van der Waals surface area contributed by atoms with Crippen molar-refractivity contribution in [2.24, 2.45) is 0 Å². The van der Waals surface area contributed by atoms with Crippen LogP contribution in [0, 0.1) is 6.92 Å². The highest BCUT2D eigenvalue weighted by Crippen LogP contribution is 2.36. The van der Waals surface area contributed by atoms with E-state index in [9.17, 15) is 0 Å². The molecule has 5 nitrogen and oxygen atoms in total. The van der Waals surface area contributed by atoms with Gasteiger partial charge in [0.1, 0.15) is 0 Å². The second-order valence-corrected chi connectivity index (χ2v) is 11.0. The average Bonchev–Trinajstić information content (AvgIpc) is 3.12. The van der Waals surface area contributed by atoms with Gasteiger partial charge in [-0.25, -0.2) is 15.0 Å². The highest BCUT2D eigenvalue weighted by molar-refractivity contribution is 6.08. The van der Waals surface area contributed by atoms with Gasteiger partial charge >= 0.3 is 0 Å². The second-order valence-electron chi connectivity index (χ2n) is 11.0. The third-order valence-electron chi connectivity index (χ3n) is 8.08. The average molecular weight is 578 g/mol. The molecular weight excluding hydrogens is 550 g/mol. The van der Waals surface area contributed by atoms with Crippen LogP contribution in [0.4, 0.5) is 0 Å². The Labute approximate surface area is 261 Å². The first-order chi connectivity index (χ1) is 22.2. The van der Waals surface area contributed by atoms with Crippen LogP contribution in [-0.2, 0) is 0 Å². The zero-order valence-electron chi connectivity index (χ0n) is 24.6. The van der Waals surface area contributed by atoms with Gasteiger partial charge in [-0.3, -0.25) is 9.97 Å². The molecule has 5 heteroatoms. The quantitative estimate of drug-likeness (QED) is 0.191. The molecule has 0 aliphatic rings. The topological polar surface area (TPSA) is 64.5 Å². The minimum Gasteiger partial charge on any atom is -0.265 e. The van der Waals surface area contributed by atoms with E-state index in [-0.39, 0.29) is 0 Å². The van der Waals surface area contributed by atoms with E-state index >= 15 is 0 Å². The lowest BCUT2D eigenvalue weighted by atomic mass is 10.00. The summed E-state index contributed by atoms with van der Waals surface area (Å²) in [7, 11) is 0. The minimum absolute atomic E-state index is 0.633. The summed E-state index contributed by atoms with van der Waals surface area (Å²) < 4.78 is 0. The maximum atomic E-state index is 5.21. The number of nitrogens with zero attached hydrogens (tertiary/aromatic N) is 5. The largest absolute Gasteiger partial charge is 0.265 e. The number of hydrogen-bond acceptors (Lipinski definition) is 5. The summed E-state index contributed by atoms with van der Waals surface area (Å²) in [6, 6.07) is 45.7. The van der Waals surface area contributed by atoms with Crippen LogP contribution >= 0.6 is 0 Å². The smallest absolute Gasteiger partial charge is 0.161 e. The number of benzene rings is 4. The predicted octanol–water partition coefficient (Wildman–Crippen LogP) is 9.61. The molecule has 0 saturated heterocycles. The van der Waals surface area contributed by atoms with Crippen LogP contribution in [-0.4, -0.2) is 24.9 Å². The van der Waals surface area contributed by atoms with Crippen molar-refractivity contribution in [3.63, 3.8) is 0 Å². The maximum Gasteiger partial charge on any atom is 0.161 e. The third kappa shape index (κ3) is 5.11. The Morgan fingerprint density at radius 2 is 0.978 bits per heavy atom. The van der Waals surface area contributed by atoms with Crippen LogP contribution in [0.5, 0.6) is 0 Å². The van der Waals surface area contributed by atoms with E-state index in [1.165, 1.54) is 5.56 Å². The van der Waals surface area contributed by atoms with Crippen molar-refractivity contribution in [2.45, 2.75) is 6.92 Å². The number of rotatable bonds is 5. The Balaban J connectivity index is 1.38. The van der Waals surface area contributed by atoms with Gasteiger partial charge in [-0.1, -0.05) is 103 Å². The molecule has 4 aromatic carbocycles. The summed E-state index contributed by atoms with van der Waals surface area (Å²) in [5.74, 6) is 0.633. The molecule has 4 heterocycles. The Bertz CT molecular complexity index is 2300. The Hall–Kier alpha value is -6.07. The van der Waals surface area contributed by atoms with Crippen molar-refractivity contribution < 1.29 is 0 Å². The molecule has 212 valence electrons. The molecule has 0 radical (unpaired) electrons. The van der Waals surface area contributed by atoms with Crippen LogP contribution in [0.3, 0.4) is 0 Å². The van der Waals surface area contributed by atoms with Gasteiger partial charge in [0, 0.05) is 51.1 Å². The monoisotopic (exact) mass is 577 g/mol. The predicted molar refractivity (Wildman–Crippen MR) is 182 cm³/mol. The molecule has 0 aliphatic carbocycles. The van der Waals surface area contributed by atoms with Crippen molar-refractivity contribution in [1.82, 2.24) is 24.9 Å². The van der Waals surface area contributed by atoms with Gasteiger partial charge in [0.05, 0.1) is 28.1 Å². The zero-order valence-corrected chi connectivity index (χ0v) is 24.6. The van der Waals surface area contributed by atoms with E-state index in [1.54, 1.807) is 12.4 Å². The molecule has 0 fully saturated rings. The summed E-state index contributed by atoms with van der Waals surface area (Å²) >= 11 is 0. The Morgan fingerprint density at radius 1 is 0.422 bits per heavy atom. The van der Waals surface area contributed by atoms with E-state index in [0.29, 0.717) is 5.82 Å². The molecule has 45 heavy (non-hydrogen) atoms. The second kappa shape index (κ2) is 11.2.